The van der Waals surface area contributed by atoms with E-state index in [2.05, 4.69) is 31.0 Å². The lowest BCUT2D eigenvalue weighted by atomic mass is 10.1. The molecule has 2 aliphatic carbocycles. The number of carbonyl (C=O) groups excluding carboxylic acids is 1. The minimum absolute atomic E-state index is 0.134. The third-order valence-corrected chi connectivity index (χ3v) is 4.93. The first-order chi connectivity index (χ1) is 8.52. The summed E-state index contributed by atoms with van der Waals surface area (Å²) in [7, 11) is 0. The summed E-state index contributed by atoms with van der Waals surface area (Å²) in [4.78, 5) is 14.9. The molecule has 0 radical (unpaired) electrons. The summed E-state index contributed by atoms with van der Waals surface area (Å²) < 4.78 is 0. The second-order valence-electron chi connectivity index (χ2n) is 7.16. The molecule has 3 unspecified atom stereocenters. The van der Waals surface area contributed by atoms with E-state index < -0.39 is 0 Å². The summed E-state index contributed by atoms with van der Waals surface area (Å²) in [6, 6.07) is 0.503. The topological polar surface area (TPSA) is 32.3 Å². The van der Waals surface area contributed by atoms with Gasteiger partial charge in [0.05, 0.1) is 11.7 Å². The van der Waals surface area contributed by atoms with Gasteiger partial charge >= 0.3 is 0 Å². The first-order valence-corrected chi connectivity index (χ1v) is 7.62. The summed E-state index contributed by atoms with van der Waals surface area (Å²) in [5, 5.41) is 3.64. The first kappa shape index (κ1) is 12.5. The van der Waals surface area contributed by atoms with E-state index in [0.29, 0.717) is 24.0 Å². The number of hydrogen-bond donors (Lipinski definition) is 1. The van der Waals surface area contributed by atoms with Crippen LogP contribution in [-0.2, 0) is 4.79 Å². The summed E-state index contributed by atoms with van der Waals surface area (Å²) in [6.07, 6.45) is 7.21. The molecule has 1 N–H and O–H groups in total. The number of carbonyl (C=O) groups is 1. The lowest BCUT2D eigenvalue weighted by Gasteiger charge is -2.31. The molecule has 3 fully saturated rings. The lowest BCUT2D eigenvalue weighted by molar-refractivity contribution is -0.133. The molecule has 1 spiro atoms. The fourth-order valence-electron chi connectivity index (χ4n) is 3.79. The molecule has 3 heteroatoms. The van der Waals surface area contributed by atoms with Gasteiger partial charge in [0.1, 0.15) is 0 Å². The number of nitrogens with zero attached hydrogens (tertiary/aromatic N) is 1. The third-order valence-electron chi connectivity index (χ3n) is 4.93. The third kappa shape index (κ3) is 1.97. The standard InChI is InChI=1S/C15H26N2O/c1-10(2)8-13-16-15(6-7-15)14(18)17(13)12-5-4-11(3)9-12/h10-13,16H,4-9H2,1-3H3. The van der Waals surface area contributed by atoms with E-state index >= 15 is 0 Å². The summed E-state index contributed by atoms with van der Waals surface area (Å²) in [5.41, 5.74) is -0.134. The van der Waals surface area contributed by atoms with Gasteiger partial charge < -0.3 is 4.90 Å². The van der Waals surface area contributed by atoms with Gasteiger partial charge in [-0.1, -0.05) is 20.8 Å². The van der Waals surface area contributed by atoms with E-state index in [0.717, 1.165) is 25.2 Å². The summed E-state index contributed by atoms with van der Waals surface area (Å²) >= 11 is 0. The quantitative estimate of drug-likeness (QED) is 0.834. The molecule has 0 aromatic carbocycles. The fourth-order valence-corrected chi connectivity index (χ4v) is 3.79. The molecule has 3 atom stereocenters. The van der Waals surface area contributed by atoms with Crippen LogP contribution in [0.1, 0.15) is 59.3 Å². The van der Waals surface area contributed by atoms with Crippen LogP contribution in [0, 0.1) is 11.8 Å². The van der Waals surface area contributed by atoms with Crippen molar-refractivity contribution >= 4 is 5.91 Å². The van der Waals surface area contributed by atoms with Crippen molar-refractivity contribution in [1.82, 2.24) is 10.2 Å². The van der Waals surface area contributed by atoms with E-state index in [-0.39, 0.29) is 5.54 Å². The maximum atomic E-state index is 12.6. The van der Waals surface area contributed by atoms with Gasteiger partial charge in [-0.3, -0.25) is 10.1 Å². The van der Waals surface area contributed by atoms with E-state index in [9.17, 15) is 4.79 Å². The van der Waals surface area contributed by atoms with Crippen molar-refractivity contribution in [1.29, 1.82) is 0 Å². The zero-order chi connectivity index (χ0) is 12.9. The molecule has 0 aromatic heterocycles. The van der Waals surface area contributed by atoms with Crippen LogP contribution < -0.4 is 5.32 Å². The highest BCUT2D eigenvalue weighted by molar-refractivity contribution is 5.92. The van der Waals surface area contributed by atoms with Gasteiger partial charge in [-0.05, 0) is 50.4 Å². The Kier molecular flexibility index (Phi) is 2.92. The Balaban J connectivity index is 1.77. The molecular weight excluding hydrogens is 224 g/mol. The van der Waals surface area contributed by atoms with Gasteiger partial charge in [-0.25, -0.2) is 0 Å². The Morgan fingerprint density at radius 1 is 1.39 bits per heavy atom. The second-order valence-corrected chi connectivity index (χ2v) is 7.16. The minimum atomic E-state index is -0.134. The monoisotopic (exact) mass is 250 g/mol. The van der Waals surface area contributed by atoms with Gasteiger partial charge in [0, 0.05) is 6.04 Å². The van der Waals surface area contributed by atoms with E-state index in [4.69, 9.17) is 0 Å². The highest BCUT2D eigenvalue weighted by Crippen LogP contribution is 2.45. The molecular formula is C15H26N2O. The van der Waals surface area contributed by atoms with Crippen molar-refractivity contribution < 1.29 is 4.79 Å². The normalized spacial score (nSPS) is 38.1. The molecule has 3 nitrogen and oxygen atoms in total. The van der Waals surface area contributed by atoms with Gasteiger partial charge in [0.15, 0.2) is 0 Å². The summed E-state index contributed by atoms with van der Waals surface area (Å²) in [6.45, 7) is 6.82. The number of hydrogen-bond acceptors (Lipinski definition) is 2. The Morgan fingerprint density at radius 2 is 2.11 bits per heavy atom. The first-order valence-electron chi connectivity index (χ1n) is 7.62. The van der Waals surface area contributed by atoms with Crippen LogP contribution in [0.5, 0.6) is 0 Å². The Labute approximate surface area is 110 Å². The predicted molar refractivity (Wildman–Crippen MR) is 72.0 cm³/mol. The molecule has 0 aromatic rings. The second kappa shape index (κ2) is 4.22. The van der Waals surface area contributed by atoms with Gasteiger partial charge in [-0.2, -0.15) is 0 Å². The number of amides is 1. The average molecular weight is 250 g/mol. The number of nitrogens with one attached hydrogen (secondary N) is 1. The molecule has 3 aliphatic rings. The molecule has 1 amide bonds. The van der Waals surface area contributed by atoms with Crippen molar-refractivity contribution in [2.45, 2.75) is 77.0 Å². The van der Waals surface area contributed by atoms with Gasteiger partial charge in [-0.15, -0.1) is 0 Å². The molecule has 18 heavy (non-hydrogen) atoms. The van der Waals surface area contributed by atoms with Crippen molar-refractivity contribution in [3.8, 4) is 0 Å². The molecule has 3 rings (SSSR count). The molecule has 0 bridgehead atoms. The van der Waals surface area contributed by atoms with Gasteiger partial charge in [0.2, 0.25) is 5.91 Å². The smallest absolute Gasteiger partial charge is 0.244 e. The molecule has 1 saturated heterocycles. The highest BCUT2D eigenvalue weighted by Gasteiger charge is 2.60. The van der Waals surface area contributed by atoms with Crippen molar-refractivity contribution in [3.63, 3.8) is 0 Å². The van der Waals surface area contributed by atoms with Crippen molar-refractivity contribution in [2.24, 2.45) is 11.8 Å². The predicted octanol–water partition coefficient (Wildman–Crippen LogP) is 2.51. The fraction of sp³-hybridized carbons (Fsp3) is 0.933. The minimum Gasteiger partial charge on any atom is -0.323 e. The van der Waals surface area contributed by atoms with Crippen LogP contribution >= 0.6 is 0 Å². The lowest BCUT2D eigenvalue weighted by Crippen LogP contribution is -2.44. The SMILES string of the molecule is CC(C)CC1NC2(CC2)C(=O)N1C1CCC(C)C1. The average Bonchev–Trinajstić information content (AvgIpc) is 2.86. The maximum Gasteiger partial charge on any atom is 0.244 e. The van der Waals surface area contributed by atoms with Crippen molar-refractivity contribution in [2.75, 3.05) is 0 Å². The van der Waals surface area contributed by atoms with Crippen LogP contribution in [-0.4, -0.2) is 28.6 Å². The van der Waals surface area contributed by atoms with E-state index in [1.165, 1.54) is 19.3 Å². The Bertz CT molecular complexity index is 348. The zero-order valence-corrected chi connectivity index (χ0v) is 11.9. The molecule has 1 aliphatic heterocycles. The van der Waals surface area contributed by atoms with Crippen LogP contribution in [0.4, 0.5) is 0 Å². The molecule has 1 heterocycles. The molecule has 102 valence electrons. The Hall–Kier alpha value is -0.570. The maximum absolute atomic E-state index is 12.6. The van der Waals surface area contributed by atoms with Gasteiger partial charge in [0.25, 0.3) is 0 Å². The number of rotatable bonds is 3. The zero-order valence-electron chi connectivity index (χ0n) is 11.9. The van der Waals surface area contributed by atoms with Crippen LogP contribution in [0.15, 0.2) is 0 Å². The van der Waals surface area contributed by atoms with Crippen LogP contribution in [0.3, 0.4) is 0 Å². The largest absolute Gasteiger partial charge is 0.323 e. The molecule has 2 saturated carbocycles. The summed E-state index contributed by atoms with van der Waals surface area (Å²) in [5.74, 6) is 1.84. The highest BCUT2D eigenvalue weighted by atomic mass is 16.2. The van der Waals surface area contributed by atoms with E-state index in [1.807, 2.05) is 0 Å². The van der Waals surface area contributed by atoms with Crippen molar-refractivity contribution in [3.05, 3.63) is 0 Å². The van der Waals surface area contributed by atoms with E-state index in [1.54, 1.807) is 0 Å². The Morgan fingerprint density at radius 3 is 2.61 bits per heavy atom. The van der Waals surface area contributed by atoms with Crippen LogP contribution in [0.25, 0.3) is 0 Å². The van der Waals surface area contributed by atoms with Crippen LogP contribution in [0.2, 0.25) is 0 Å².